The first-order valence-electron chi connectivity index (χ1n) is 5.52. The molecule has 0 amide bonds. The van der Waals surface area contributed by atoms with Crippen LogP contribution in [0.15, 0.2) is 36.4 Å². The van der Waals surface area contributed by atoms with Gasteiger partial charge in [-0.25, -0.2) is 0 Å². The van der Waals surface area contributed by atoms with Gasteiger partial charge in [-0.2, -0.15) is 5.26 Å². The fraction of sp³-hybridized carbons (Fsp3) is 0.214. The summed E-state index contributed by atoms with van der Waals surface area (Å²) in [6.07, 6.45) is 1.09. The molecule has 2 aromatic carbocycles. The average Bonchev–Trinajstić information content (AvgIpc) is 2.36. The summed E-state index contributed by atoms with van der Waals surface area (Å²) in [4.78, 5) is 0. The molecule has 0 aliphatic heterocycles. The maximum Gasteiger partial charge on any atom is 0.0998 e. The van der Waals surface area contributed by atoms with E-state index in [2.05, 4.69) is 18.3 Å². The van der Waals surface area contributed by atoms with Crippen LogP contribution in [0.25, 0.3) is 10.8 Å². The molecule has 0 atom stereocenters. The monoisotopic (exact) mass is 210 g/mol. The molecular weight excluding hydrogens is 196 g/mol. The van der Waals surface area contributed by atoms with Gasteiger partial charge in [0.1, 0.15) is 0 Å². The molecule has 0 heterocycles. The summed E-state index contributed by atoms with van der Waals surface area (Å²) in [7, 11) is 0. The molecule has 0 saturated heterocycles. The van der Waals surface area contributed by atoms with Crippen molar-refractivity contribution in [1.29, 1.82) is 5.26 Å². The lowest BCUT2D eigenvalue weighted by molar-refractivity contribution is 0.981. The standard InChI is InChI=1S/C14H14N2/c1-2-9-16-14-8-7-11(10-15)12-5-3-4-6-13(12)14/h3-8,16H,2,9H2,1H3. The van der Waals surface area contributed by atoms with Crippen molar-refractivity contribution in [3.8, 4) is 6.07 Å². The molecule has 2 rings (SSSR count). The summed E-state index contributed by atoms with van der Waals surface area (Å²) in [5, 5.41) is 14.6. The zero-order chi connectivity index (χ0) is 11.4. The van der Waals surface area contributed by atoms with E-state index in [1.807, 2.05) is 36.4 Å². The fourth-order valence-electron chi connectivity index (χ4n) is 1.81. The van der Waals surface area contributed by atoms with Gasteiger partial charge in [-0.15, -0.1) is 0 Å². The lowest BCUT2D eigenvalue weighted by Gasteiger charge is -2.09. The predicted molar refractivity (Wildman–Crippen MR) is 67.4 cm³/mol. The summed E-state index contributed by atoms with van der Waals surface area (Å²) in [5.74, 6) is 0. The molecule has 0 aliphatic carbocycles. The van der Waals surface area contributed by atoms with E-state index >= 15 is 0 Å². The summed E-state index contributed by atoms with van der Waals surface area (Å²) in [6.45, 7) is 3.09. The molecule has 0 fully saturated rings. The van der Waals surface area contributed by atoms with Crippen molar-refractivity contribution in [2.75, 3.05) is 11.9 Å². The van der Waals surface area contributed by atoms with Gasteiger partial charge in [0.2, 0.25) is 0 Å². The van der Waals surface area contributed by atoms with Gasteiger partial charge in [-0.1, -0.05) is 31.2 Å². The summed E-state index contributed by atoms with van der Waals surface area (Å²) in [5.41, 5.74) is 1.84. The van der Waals surface area contributed by atoms with Gasteiger partial charge >= 0.3 is 0 Å². The Morgan fingerprint density at radius 1 is 1.12 bits per heavy atom. The molecule has 0 aromatic heterocycles. The fourth-order valence-corrected chi connectivity index (χ4v) is 1.81. The van der Waals surface area contributed by atoms with Crippen molar-refractivity contribution in [3.63, 3.8) is 0 Å². The summed E-state index contributed by atoms with van der Waals surface area (Å²) >= 11 is 0. The van der Waals surface area contributed by atoms with Crippen molar-refractivity contribution in [2.24, 2.45) is 0 Å². The molecule has 0 aliphatic rings. The maximum atomic E-state index is 9.03. The Bertz CT molecular complexity index is 538. The number of hydrogen-bond donors (Lipinski definition) is 1. The van der Waals surface area contributed by atoms with E-state index in [0.29, 0.717) is 0 Å². The molecule has 0 spiro atoms. The number of anilines is 1. The Balaban J connectivity index is 2.57. The van der Waals surface area contributed by atoms with Crippen LogP contribution < -0.4 is 5.32 Å². The second-order valence-corrected chi connectivity index (χ2v) is 3.74. The van der Waals surface area contributed by atoms with Gasteiger partial charge < -0.3 is 5.32 Å². The molecule has 2 heteroatoms. The highest BCUT2D eigenvalue weighted by molar-refractivity contribution is 5.97. The van der Waals surface area contributed by atoms with Crippen molar-refractivity contribution in [2.45, 2.75) is 13.3 Å². The largest absolute Gasteiger partial charge is 0.385 e. The molecule has 0 bridgehead atoms. The van der Waals surface area contributed by atoms with Crippen LogP contribution in [-0.4, -0.2) is 6.54 Å². The number of nitriles is 1. The van der Waals surface area contributed by atoms with E-state index in [9.17, 15) is 0 Å². The third-order valence-corrected chi connectivity index (χ3v) is 2.61. The number of rotatable bonds is 3. The lowest BCUT2D eigenvalue weighted by atomic mass is 10.0. The van der Waals surface area contributed by atoms with Crippen LogP contribution in [0.1, 0.15) is 18.9 Å². The SMILES string of the molecule is CCCNc1ccc(C#N)c2ccccc12. The van der Waals surface area contributed by atoms with Crippen LogP contribution in [0.3, 0.4) is 0 Å². The number of hydrogen-bond acceptors (Lipinski definition) is 2. The molecule has 0 saturated carbocycles. The average molecular weight is 210 g/mol. The predicted octanol–water partition coefficient (Wildman–Crippen LogP) is 3.53. The van der Waals surface area contributed by atoms with Crippen LogP contribution in [0.5, 0.6) is 0 Å². The smallest absolute Gasteiger partial charge is 0.0998 e. The summed E-state index contributed by atoms with van der Waals surface area (Å²) in [6, 6.07) is 14.1. The van der Waals surface area contributed by atoms with Gasteiger partial charge in [0.15, 0.2) is 0 Å². The van der Waals surface area contributed by atoms with Gasteiger partial charge in [0.25, 0.3) is 0 Å². The molecule has 2 nitrogen and oxygen atoms in total. The molecule has 2 aromatic rings. The molecule has 0 radical (unpaired) electrons. The Kier molecular flexibility index (Phi) is 3.07. The Labute approximate surface area is 95.5 Å². The highest BCUT2D eigenvalue weighted by Crippen LogP contribution is 2.26. The van der Waals surface area contributed by atoms with E-state index in [1.165, 1.54) is 0 Å². The van der Waals surface area contributed by atoms with Crippen molar-refractivity contribution >= 4 is 16.5 Å². The third-order valence-electron chi connectivity index (χ3n) is 2.61. The van der Waals surface area contributed by atoms with Crippen LogP contribution in [-0.2, 0) is 0 Å². The number of nitrogens with one attached hydrogen (secondary N) is 1. The zero-order valence-electron chi connectivity index (χ0n) is 9.33. The molecule has 1 N–H and O–H groups in total. The first kappa shape index (κ1) is 10.5. The molecule has 0 unspecified atom stereocenters. The molecule has 16 heavy (non-hydrogen) atoms. The van der Waals surface area contributed by atoms with E-state index < -0.39 is 0 Å². The van der Waals surface area contributed by atoms with Crippen LogP contribution in [0.2, 0.25) is 0 Å². The van der Waals surface area contributed by atoms with Crippen LogP contribution >= 0.6 is 0 Å². The highest BCUT2D eigenvalue weighted by atomic mass is 14.9. The lowest BCUT2D eigenvalue weighted by Crippen LogP contribution is -2.00. The maximum absolute atomic E-state index is 9.03. The second kappa shape index (κ2) is 4.67. The van der Waals surface area contributed by atoms with E-state index in [0.717, 1.165) is 35.0 Å². The second-order valence-electron chi connectivity index (χ2n) is 3.74. The normalized spacial score (nSPS) is 10.0. The van der Waals surface area contributed by atoms with E-state index in [-0.39, 0.29) is 0 Å². The third kappa shape index (κ3) is 1.85. The van der Waals surface area contributed by atoms with Gasteiger partial charge in [0.05, 0.1) is 11.6 Å². The molecule has 80 valence electrons. The molecular formula is C14H14N2. The minimum atomic E-state index is 0.734. The van der Waals surface area contributed by atoms with E-state index in [4.69, 9.17) is 5.26 Å². The van der Waals surface area contributed by atoms with Crippen LogP contribution in [0.4, 0.5) is 5.69 Å². The topological polar surface area (TPSA) is 35.8 Å². The van der Waals surface area contributed by atoms with Gasteiger partial charge in [0, 0.05) is 23.0 Å². The van der Waals surface area contributed by atoms with Gasteiger partial charge in [-0.05, 0) is 18.6 Å². The Hall–Kier alpha value is -2.01. The van der Waals surface area contributed by atoms with Gasteiger partial charge in [-0.3, -0.25) is 0 Å². The number of nitrogens with zero attached hydrogens (tertiary/aromatic N) is 1. The van der Waals surface area contributed by atoms with Crippen molar-refractivity contribution in [3.05, 3.63) is 42.0 Å². The first-order valence-corrected chi connectivity index (χ1v) is 5.52. The van der Waals surface area contributed by atoms with Crippen LogP contribution in [0, 0.1) is 11.3 Å². The first-order chi connectivity index (χ1) is 7.86. The summed E-state index contributed by atoms with van der Waals surface area (Å²) < 4.78 is 0. The number of fused-ring (bicyclic) bond motifs is 1. The highest BCUT2D eigenvalue weighted by Gasteiger charge is 2.03. The minimum absolute atomic E-state index is 0.734. The Morgan fingerprint density at radius 2 is 1.88 bits per heavy atom. The van der Waals surface area contributed by atoms with E-state index in [1.54, 1.807) is 0 Å². The minimum Gasteiger partial charge on any atom is -0.385 e. The Morgan fingerprint density at radius 3 is 2.56 bits per heavy atom. The number of benzene rings is 2. The zero-order valence-corrected chi connectivity index (χ0v) is 9.33. The van der Waals surface area contributed by atoms with Crippen molar-refractivity contribution in [1.82, 2.24) is 0 Å². The van der Waals surface area contributed by atoms with Crippen molar-refractivity contribution < 1.29 is 0 Å². The quantitative estimate of drug-likeness (QED) is 0.841.